The van der Waals surface area contributed by atoms with Crippen LogP contribution in [0.1, 0.15) is 64.4 Å². The molecule has 0 spiro atoms. The molecule has 5 rings (SSSR count). The zero-order valence-electron chi connectivity index (χ0n) is 19.5. The Morgan fingerprint density at radius 1 is 0.972 bits per heavy atom. The summed E-state index contributed by atoms with van der Waals surface area (Å²) in [5.74, 6) is -0.462. The first-order valence-electron chi connectivity index (χ1n) is 12.0. The molecule has 184 valence electrons. The van der Waals surface area contributed by atoms with Crippen LogP contribution in [0.15, 0.2) is 60.7 Å². The van der Waals surface area contributed by atoms with Gasteiger partial charge in [-0.3, -0.25) is 4.79 Å². The average molecular weight is 522 g/mol. The molecule has 1 aromatic heterocycles. The first-order chi connectivity index (χ1) is 17.4. The topological polar surface area (TPSA) is 84.2 Å². The van der Waals surface area contributed by atoms with Crippen molar-refractivity contribution in [3.63, 3.8) is 0 Å². The molecule has 2 N–H and O–H groups in total. The number of aromatic nitrogens is 2. The molecule has 0 atom stereocenters. The lowest BCUT2D eigenvalue weighted by Gasteiger charge is -2.25. The maximum atomic E-state index is 13.0. The van der Waals surface area contributed by atoms with Gasteiger partial charge in [0.2, 0.25) is 0 Å². The summed E-state index contributed by atoms with van der Waals surface area (Å²) in [5, 5.41) is 13.4. The molecule has 4 aromatic rings. The summed E-state index contributed by atoms with van der Waals surface area (Å²) >= 11 is 12.2. The van der Waals surface area contributed by atoms with E-state index in [9.17, 15) is 14.7 Å². The number of rotatable bonds is 6. The summed E-state index contributed by atoms with van der Waals surface area (Å²) in [6, 6.07) is 17.9. The van der Waals surface area contributed by atoms with Crippen molar-refractivity contribution in [3.8, 4) is 11.4 Å². The number of benzene rings is 3. The number of nitrogens with one attached hydrogen (secondary N) is 1. The third kappa shape index (κ3) is 4.97. The highest BCUT2D eigenvalue weighted by molar-refractivity contribution is 6.35. The number of fused-ring (bicyclic) bond motifs is 1. The second kappa shape index (κ2) is 10.3. The van der Waals surface area contributed by atoms with E-state index in [0.29, 0.717) is 21.1 Å². The van der Waals surface area contributed by atoms with Gasteiger partial charge in [0.05, 0.1) is 16.6 Å². The lowest BCUT2D eigenvalue weighted by atomic mass is 9.94. The van der Waals surface area contributed by atoms with Crippen LogP contribution < -0.4 is 5.32 Å². The van der Waals surface area contributed by atoms with Crippen LogP contribution in [0.3, 0.4) is 0 Å². The molecule has 36 heavy (non-hydrogen) atoms. The van der Waals surface area contributed by atoms with E-state index >= 15 is 0 Å². The Kier molecular flexibility index (Phi) is 6.99. The Labute approximate surface area is 218 Å². The second-order valence-corrected chi connectivity index (χ2v) is 9.95. The zero-order valence-corrected chi connectivity index (χ0v) is 21.0. The maximum absolute atomic E-state index is 13.0. The number of aromatic carboxylic acids is 1. The van der Waals surface area contributed by atoms with E-state index in [1.54, 1.807) is 36.4 Å². The predicted molar refractivity (Wildman–Crippen MR) is 142 cm³/mol. The van der Waals surface area contributed by atoms with Crippen molar-refractivity contribution in [2.75, 3.05) is 0 Å². The van der Waals surface area contributed by atoms with Crippen LogP contribution in [0, 0.1) is 0 Å². The molecule has 0 unspecified atom stereocenters. The Bertz CT molecular complexity index is 1460. The smallest absolute Gasteiger partial charge is 0.335 e. The van der Waals surface area contributed by atoms with Crippen LogP contribution in [-0.2, 0) is 6.54 Å². The fourth-order valence-corrected chi connectivity index (χ4v) is 5.36. The van der Waals surface area contributed by atoms with Gasteiger partial charge in [0.1, 0.15) is 5.82 Å². The van der Waals surface area contributed by atoms with Crippen molar-refractivity contribution in [2.45, 2.75) is 44.7 Å². The zero-order chi connectivity index (χ0) is 25.2. The van der Waals surface area contributed by atoms with E-state index in [0.717, 1.165) is 48.2 Å². The van der Waals surface area contributed by atoms with Gasteiger partial charge in [-0.05, 0) is 60.9 Å². The van der Waals surface area contributed by atoms with Crippen molar-refractivity contribution in [2.24, 2.45) is 0 Å². The van der Waals surface area contributed by atoms with Crippen LogP contribution in [0.2, 0.25) is 10.0 Å². The maximum Gasteiger partial charge on any atom is 0.335 e. The Balaban J connectivity index is 1.49. The molecular formula is C28H25Cl2N3O3. The van der Waals surface area contributed by atoms with Crippen LogP contribution in [-0.4, -0.2) is 26.5 Å². The van der Waals surface area contributed by atoms with Gasteiger partial charge in [0, 0.05) is 33.8 Å². The van der Waals surface area contributed by atoms with Crippen molar-refractivity contribution < 1.29 is 14.7 Å². The summed E-state index contributed by atoms with van der Waals surface area (Å²) in [7, 11) is 0. The van der Waals surface area contributed by atoms with Gasteiger partial charge in [-0.15, -0.1) is 0 Å². The SMILES string of the molecule is O=C(O)c1ccc2c(c1)nc(-c1cccc(C(=O)NCc3ccc(Cl)cc3Cl)c1)n2C1CCCCC1. The third-order valence-electron chi connectivity index (χ3n) is 6.71. The van der Waals surface area contributed by atoms with Gasteiger partial charge in [-0.1, -0.05) is 60.7 Å². The number of hydrogen-bond acceptors (Lipinski definition) is 3. The highest BCUT2D eigenvalue weighted by Gasteiger charge is 2.23. The Hall–Kier alpha value is -3.35. The third-order valence-corrected chi connectivity index (χ3v) is 7.30. The normalized spacial score (nSPS) is 14.2. The average Bonchev–Trinajstić information content (AvgIpc) is 3.27. The van der Waals surface area contributed by atoms with Gasteiger partial charge in [0.15, 0.2) is 0 Å². The van der Waals surface area contributed by atoms with E-state index in [1.165, 1.54) is 6.42 Å². The first-order valence-corrected chi connectivity index (χ1v) is 12.7. The molecule has 3 aromatic carbocycles. The van der Waals surface area contributed by atoms with Crippen LogP contribution in [0.4, 0.5) is 0 Å². The quantitative estimate of drug-likeness (QED) is 0.282. The van der Waals surface area contributed by atoms with Gasteiger partial charge in [-0.2, -0.15) is 0 Å². The number of carboxylic acid groups (broad SMARTS) is 1. The number of imidazole rings is 1. The second-order valence-electron chi connectivity index (χ2n) is 9.11. The summed E-state index contributed by atoms with van der Waals surface area (Å²) in [5.41, 5.74) is 3.85. The Morgan fingerprint density at radius 3 is 2.53 bits per heavy atom. The number of carbonyl (C=O) groups excluding carboxylic acids is 1. The number of carboxylic acids is 1. The number of halogens is 2. The lowest BCUT2D eigenvalue weighted by molar-refractivity contribution is 0.0696. The Morgan fingerprint density at radius 2 is 1.78 bits per heavy atom. The van der Waals surface area contributed by atoms with E-state index < -0.39 is 5.97 Å². The predicted octanol–water partition coefficient (Wildman–Crippen LogP) is 7.14. The molecule has 0 saturated heterocycles. The van der Waals surface area contributed by atoms with Gasteiger partial charge < -0.3 is 15.0 Å². The van der Waals surface area contributed by atoms with Crippen LogP contribution >= 0.6 is 23.2 Å². The summed E-state index contributed by atoms with van der Waals surface area (Å²) in [6.07, 6.45) is 5.59. The minimum atomic E-state index is -0.981. The standard InChI is InChI=1S/C28H25Cl2N3O3/c29-21-11-9-20(23(30)15-21)16-31-27(34)18-6-4-5-17(13-18)26-32-24-14-19(28(35)36)10-12-25(24)33(26)22-7-2-1-3-8-22/h4-6,9-15,22H,1-3,7-8,16H2,(H,31,34)(H,35,36). The summed E-state index contributed by atoms with van der Waals surface area (Å²) in [6.45, 7) is 0.275. The van der Waals surface area contributed by atoms with E-state index in [1.807, 2.05) is 24.3 Å². The fourth-order valence-electron chi connectivity index (χ4n) is 4.89. The van der Waals surface area contributed by atoms with E-state index in [-0.39, 0.29) is 24.1 Å². The summed E-state index contributed by atoms with van der Waals surface area (Å²) in [4.78, 5) is 29.4. The van der Waals surface area contributed by atoms with Crippen molar-refractivity contribution in [3.05, 3.63) is 87.4 Å². The van der Waals surface area contributed by atoms with Gasteiger partial charge in [0.25, 0.3) is 5.91 Å². The fraction of sp³-hybridized carbons (Fsp3) is 0.250. The lowest BCUT2D eigenvalue weighted by Crippen LogP contribution is -2.23. The molecular weight excluding hydrogens is 497 g/mol. The molecule has 1 aliphatic carbocycles. The van der Waals surface area contributed by atoms with Crippen LogP contribution in [0.5, 0.6) is 0 Å². The molecule has 1 saturated carbocycles. The molecule has 0 aliphatic heterocycles. The number of carbonyl (C=O) groups is 2. The number of nitrogens with zero attached hydrogens (tertiary/aromatic N) is 2. The number of amides is 1. The highest BCUT2D eigenvalue weighted by Crippen LogP contribution is 2.36. The van der Waals surface area contributed by atoms with Crippen molar-refractivity contribution in [1.82, 2.24) is 14.9 Å². The van der Waals surface area contributed by atoms with Gasteiger partial charge >= 0.3 is 5.97 Å². The minimum Gasteiger partial charge on any atom is -0.478 e. The number of hydrogen-bond donors (Lipinski definition) is 2. The summed E-state index contributed by atoms with van der Waals surface area (Å²) < 4.78 is 2.23. The van der Waals surface area contributed by atoms with E-state index in [2.05, 4.69) is 9.88 Å². The molecule has 1 aliphatic rings. The van der Waals surface area contributed by atoms with Gasteiger partial charge in [-0.25, -0.2) is 9.78 Å². The van der Waals surface area contributed by atoms with Crippen LogP contribution in [0.25, 0.3) is 22.4 Å². The first kappa shape index (κ1) is 24.3. The molecule has 0 radical (unpaired) electrons. The molecule has 8 heteroatoms. The van der Waals surface area contributed by atoms with Crippen molar-refractivity contribution in [1.29, 1.82) is 0 Å². The molecule has 6 nitrogen and oxygen atoms in total. The molecule has 1 heterocycles. The monoisotopic (exact) mass is 521 g/mol. The molecule has 1 amide bonds. The molecule has 0 bridgehead atoms. The molecule has 1 fully saturated rings. The van der Waals surface area contributed by atoms with Crippen molar-refractivity contribution >= 4 is 46.1 Å². The largest absolute Gasteiger partial charge is 0.478 e. The van der Waals surface area contributed by atoms with E-state index in [4.69, 9.17) is 28.2 Å². The highest BCUT2D eigenvalue weighted by atomic mass is 35.5. The minimum absolute atomic E-state index is 0.205.